The molecule has 0 aromatic rings. The smallest absolute Gasteiger partial charge is 0.101 e. The Balaban J connectivity index is 2.13. The third kappa shape index (κ3) is 2.73. The molecule has 0 aliphatic heterocycles. The highest BCUT2D eigenvalue weighted by molar-refractivity contribution is 5.37. The van der Waals surface area contributed by atoms with E-state index in [9.17, 15) is 0 Å². The molecule has 0 amide bonds. The van der Waals surface area contributed by atoms with E-state index in [1.54, 1.807) is 0 Å². The fraction of sp³-hybridized carbons (Fsp3) is 0.467. The quantitative estimate of drug-likeness (QED) is 0.694. The summed E-state index contributed by atoms with van der Waals surface area (Å²) in [6, 6.07) is 0. The van der Waals surface area contributed by atoms with Crippen LogP contribution in [0.3, 0.4) is 0 Å². The number of allylic oxidation sites excluding steroid dienone is 6. The van der Waals surface area contributed by atoms with E-state index in [4.69, 9.17) is 4.74 Å². The Morgan fingerprint density at radius 3 is 1.81 bits per heavy atom. The maximum atomic E-state index is 6.19. The minimum Gasteiger partial charge on any atom is -0.364 e. The molecule has 2 aliphatic rings. The van der Waals surface area contributed by atoms with Gasteiger partial charge >= 0.3 is 0 Å². The van der Waals surface area contributed by atoms with E-state index in [0.717, 1.165) is 12.8 Å². The van der Waals surface area contributed by atoms with Crippen LogP contribution in [0.1, 0.15) is 33.6 Å². The summed E-state index contributed by atoms with van der Waals surface area (Å²) in [5.41, 5.74) is 2.66. The Bertz CT molecular complexity index is 345. The maximum absolute atomic E-state index is 6.19. The zero-order valence-electron chi connectivity index (χ0n) is 10.4. The third-order valence-electron chi connectivity index (χ3n) is 2.74. The summed E-state index contributed by atoms with van der Waals surface area (Å²) in [6.07, 6.45) is 15.2. The van der Waals surface area contributed by atoms with Gasteiger partial charge in [0.25, 0.3) is 0 Å². The average Bonchev–Trinajstić information content (AvgIpc) is 2.86. The highest BCUT2D eigenvalue weighted by Crippen LogP contribution is 2.30. The van der Waals surface area contributed by atoms with Gasteiger partial charge in [-0.2, -0.15) is 0 Å². The van der Waals surface area contributed by atoms with Gasteiger partial charge in [-0.1, -0.05) is 36.5 Å². The van der Waals surface area contributed by atoms with Crippen LogP contribution in [-0.2, 0) is 4.74 Å². The van der Waals surface area contributed by atoms with E-state index in [1.807, 2.05) is 0 Å². The summed E-state index contributed by atoms with van der Waals surface area (Å²) in [5.74, 6) is 0. The van der Waals surface area contributed by atoms with Crippen LogP contribution in [0.5, 0.6) is 0 Å². The van der Waals surface area contributed by atoms with Crippen molar-refractivity contribution in [3.8, 4) is 0 Å². The standard InChI is InChI=1S/C15H20O/c1-15(2,3)16-14(12-8-4-5-9-12)13-10-6-7-11-13/h4-8,10,14H,9,11H2,1-3H3. The van der Waals surface area contributed by atoms with Crippen molar-refractivity contribution in [2.45, 2.75) is 45.3 Å². The molecular formula is C15H20O. The van der Waals surface area contributed by atoms with E-state index < -0.39 is 0 Å². The van der Waals surface area contributed by atoms with E-state index >= 15 is 0 Å². The normalized spacial score (nSPS) is 19.5. The Morgan fingerprint density at radius 2 is 1.50 bits per heavy atom. The predicted octanol–water partition coefficient (Wildman–Crippen LogP) is 3.94. The number of rotatable bonds is 3. The van der Waals surface area contributed by atoms with Gasteiger partial charge in [-0.3, -0.25) is 0 Å². The molecule has 0 saturated heterocycles. The molecule has 2 aliphatic carbocycles. The molecule has 0 aromatic carbocycles. The van der Waals surface area contributed by atoms with E-state index in [-0.39, 0.29) is 11.7 Å². The van der Waals surface area contributed by atoms with Gasteiger partial charge in [0.1, 0.15) is 6.10 Å². The second kappa shape index (κ2) is 4.42. The lowest BCUT2D eigenvalue weighted by atomic mass is 9.98. The van der Waals surface area contributed by atoms with Crippen LogP contribution >= 0.6 is 0 Å². The second-order valence-electron chi connectivity index (χ2n) is 5.36. The van der Waals surface area contributed by atoms with Crippen LogP contribution in [0.4, 0.5) is 0 Å². The first-order valence-electron chi connectivity index (χ1n) is 5.95. The van der Waals surface area contributed by atoms with Crippen molar-refractivity contribution in [1.82, 2.24) is 0 Å². The summed E-state index contributed by atoms with van der Waals surface area (Å²) < 4.78 is 6.19. The van der Waals surface area contributed by atoms with Gasteiger partial charge in [-0.15, -0.1) is 0 Å². The lowest BCUT2D eigenvalue weighted by molar-refractivity contribution is -0.0283. The van der Waals surface area contributed by atoms with Crippen molar-refractivity contribution in [3.05, 3.63) is 47.6 Å². The summed E-state index contributed by atoms with van der Waals surface area (Å²) in [5, 5.41) is 0. The minimum absolute atomic E-state index is 0.0997. The summed E-state index contributed by atoms with van der Waals surface area (Å²) in [6.45, 7) is 6.35. The van der Waals surface area contributed by atoms with Crippen molar-refractivity contribution in [2.24, 2.45) is 0 Å². The number of hydrogen-bond donors (Lipinski definition) is 0. The molecule has 0 fully saturated rings. The largest absolute Gasteiger partial charge is 0.364 e. The molecule has 16 heavy (non-hydrogen) atoms. The van der Waals surface area contributed by atoms with Crippen LogP contribution in [0.15, 0.2) is 47.6 Å². The van der Waals surface area contributed by atoms with E-state index in [0.29, 0.717) is 0 Å². The highest BCUT2D eigenvalue weighted by atomic mass is 16.5. The monoisotopic (exact) mass is 216 g/mol. The fourth-order valence-electron chi connectivity index (χ4n) is 2.06. The summed E-state index contributed by atoms with van der Waals surface area (Å²) >= 11 is 0. The van der Waals surface area contributed by atoms with Crippen molar-refractivity contribution in [1.29, 1.82) is 0 Å². The highest BCUT2D eigenvalue weighted by Gasteiger charge is 2.25. The Morgan fingerprint density at radius 1 is 1.00 bits per heavy atom. The molecular weight excluding hydrogens is 196 g/mol. The first kappa shape index (κ1) is 11.4. The van der Waals surface area contributed by atoms with Gasteiger partial charge < -0.3 is 4.74 Å². The van der Waals surface area contributed by atoms with Crippen LogP contribution in [-0.4, -0.2) is 11.7 Å². The van der Waals surface area contributed by atoms with Gasteiger partial charge in [0, 0.05) is 0 Å². The molecule has 0 bridgehead atoms. The topological polar surface area (TPSA) is 9.23 Å². The third-order valence-corrected chi connectivity index (χ3v) is 2.74. The van der Waals surface area contributed by atoms with Gasteiger partial charge in [-0.25, -0.2) is 0 Å². The zero-order valence-corrected chi connectivity index (χ0v) is 10.4. The van der Waals surface area contributed by atoms with Gasteiger partial charge in [0.15, 0.2) is 0 Å². The van der Waals surface area contributed by atoms with Crippen LogP contribution in [0.2, 0.25) is 0 Å². The first-order chi connectivity index (χ1) is 7.56. The molecule has 0 heterocycles. The molecule has 0 N–H and O–H groups in total. The van der Waals surface area contributed by atoms with Crippen LogP contribution < -0.4 is 0 Å². The predicted molar refractivity (Wildman–Crippen MR) is 68.3 cm³/mol. The lowest BCUT2D eigenvalue weighted by Gasteiger charge is -2.29. The molecule has 2 rings (SSSR count). The van der Waals surface area contributed by atoms with Crippen LogP contribution in [0, 0.1) is 0 Å². The molecule has 0 spiro atoms. The molecule has 0 atom stereocenters. The van der Waals surface area contributed by atoms with E-state index in [1.165, 1.54) is 11.1 Å². The average molecular weight is 216 g/mol. The van der Waals surface area contributed by atoms with Gasteiger partial charge in [0.05, 0.1) is 5.60 Å². The molecule has 1 nitrogen and oxygen atoms in total. The Labute approximate surface area is 98.2 Å². The SMILES string of the molecule is CC(C)(C)OC(C1=CC=CC1)C1=CC=CC1. The number of ether oxygens (including phenoxy) is 1. The lowest BCUT2D eigenvalue weighted by Crippen LogP contribution is -2.29. The number of hydrogen-bond acceptors (Lipinski definition) is 1. The molecule has 0 saturated carbocycles. The van der Waals surface area contributed by atoms with Gasteiger partial charge in [-0.05, 0) is 44.8 Å². The van der Waals surface area contributed by atoms with Crippen molar-refractivity contribution in [3.63, 3.8) is 0 Å². The fourth-order valence-corrected chi connectivity index (χ4v) is 2.06. The Kier molecular flexibility index (Phi) is 3.15. The zero-order chi connectivity index (χ0) is 11.6. The van der Waals surface area contributed by atoms with E-state index in [2.05, 4.69) is 57.2 Å². The van der Waals surface area contributed by atoms with Crippen LogP contribution in [0.25, 0.3) is 0 Å². The summed E-state index contributed by atoms with van der Waals surface area (Å²) in [7, 11) is 0. The Hall–Kier alpha value is -1.08. The summed E-state index contributed by atoms with van der Waals surface area (Å²) in [4.78, 5) is 0. The minimum atomic E-state index is -0.0997. The van der Waals surface area contributed by atoms with Crippen molar-refractivity contribution < 1.29 is 4.74 Å². The molecule has 0 radical (unpaired) electrons. The van der Waals surface area contributed by atoms with Crippen molar-refractivity contribution >= 4 is 0 Å². The van der Waals surface area contributed by atoms with Crippen molar-refractivity contribution in [2.75, 3.05) is 0 Å². The first-order valence-corrected chi connectivity index (χ1v) is 5.95. The molecule has 0 unspecified atom stereocenters. The maximum Gasteiger partial charge on any atom is 0.101 e. The molecule has 86 valence electrons. The second-order valence-corrected chi connectivity index (χ2v) is 5.36. The van der Waals surface area contributed by atoms with Gasteiger partial charge in [0.2, 0.25) is 0 Å². The molecule has 0 aromatic heterocycles. The molecule has 1 heteroatoms.